The van der Waals surface area contributed by atoms with Gasteiger partial charge in [0, 0.05) is 0 Å². The fourth-order valence-corrected chi connectivity index (χ4v) is 0.715. The molecule has 0 saturated heterocycles. The van der Waals surface area contributed by atoms with Gasteiger partial charge in [-0.3, -0.25) is 4.79 Å². The molecule has 0 bridgehead atoms. The van der Waals surface area contributed by atoms with Crippen molar-refractivity contribution in [2.75, 3.05) is 6.61 Å². The Labute approximate surface area is 89.7 Å². The van der Waals surface area contributed by atoms with Crippen LogP contribution in [0.2, 0.25) is 0 Å². The van der Waals surface area contributed by atoms with E-state index in [-0.39, 0.29) is 6.61 Å². The molecule has 0 aromatic heterocycles. The number of aliphatic hydroxyl groups excluding tert-OH is 2. The third kappa shape index (κ3) is 8.87. The van der Waals surface area contributed by atoms with Crippen LogP contribution in [0.5, 0.6) is 0 Å². The molecule has 0 aliphatic carbocycles. The van der Waals surface area contributed by atoms with E-state index in [0.29, 0.717) is 0 Å². The predicted molar refractivity (Wildman–Crippen MR) is 60.3 cm³/mol. The number of rotatable bonds is 3. The number of allylic oxidation sites excluding steroid dienone is 1. The minimum Gasteiger partial charge on any atom is -0.394 e. The first-order chi connectivity index (χ1) is 7.20. The lowest BCUT2D eigenvalue weighted by Crippen LogP contribution is -2.03. The van der Waals surface area contributed by atoms with Crippen LogP contribution in [-0.4, -0.2) is 29.2 Å². The zero-order chi connectivity index (χ0) is 11.5. The Morgan fingerprint density at radius 1 is 1.33 bits per heavy atom. The van der Waals surface area contributed by atoms with Gasteiger partial charge in [-0.2, -0.15) is 0 Å². The van der Waals surface area contributed by atoms with E-state index >= 15 is 0 Å². The molecule has 0 spiro atoms. The number of benzene rings is 1. The number of hydrogen-bond donors (Lipinski definition) is 2. The quantitative estimate of drug-likeness (QED) is 0.580. The maximum absolute atomic E-state index is 9.89. The fourth-order valence-electron chi connectivity index (χ4n) is 0.715. The molecule has 0 saturated carbocycles. The van der Waals surface area contributed by atoms with Crippen LogP contribution in [0.25, 0.3) is 6.08 Å². The average molecular weight is 208 g/mol. The standard InChI is InChI=1S/C9H8O.C3H8O2/c10-8-4-7-9-5-2-1-3-6-9;1-3(5)2-4/h1-8H;3-5H,2H2,1H3. The Balaban J connectivity index is 0.000000336. The molecule has 2 N–H and O–H groups in total. The maximum Gasteiger partial charge on any atom is 0.142 e. The second kappa shape index (κ2) is 9.12. The average Bonchev–Trinajstić information content (AvgIpc) is 2.28. The summed E-state index contributed by atoms with van der Waals surface area (Å²) in [6.45, 7) is 1.39. The first kappa shape index (κ1) is 13.5. The minimum atomic E-state index is -0.560. The number of carbonyl (C=O) groups is 1. The van der Waals surface area contributed by atoms with E-state index in [2.05, 4.69) is 0 Å². The molecule has 0 aliphatic rings. The van der Waals surface area contributed by atoms with E-state index < -0.39 is 6.10 Å². The lowest BCUT2D eigenvalue weighted by Gasteiger charge is -1.90. The van der Waals surface area contributed by atoms with Crippen LogP contribution in [0.3, 0.4) is 0 Å². The molecule has 0 fully saturated rings. The molecule has 82 valence electrons. The monoisotopic (exact) mass is 208 g/mol. The summed E-state index contributed by atoms with van der Waals surface area (Å²) in [5, 5.41) is 16.0. The van der Waals surface area contributed by atoms with Crippen molar-refractivity contribution < 1.29 is 15.0 Å². The Kier molecular flexibility index (Phi) is 8.24. The second-order valence-corrected chi connectivity index (χ2v) is 2.94. The molecule has 0 aliphatic heterocycles. The number of aldehydes is 1. The molecular weight excluding hydrogens is 192 g/mol. The summed E-state index contributed by atoms with van der Waals surface area (Å²) in [6, 6.07) is 9.70. The van der Waals surface area contributed by atoms with Crippen molar-refractivity contribution in [3.63, 3.8) is 0 Å². The lowest BCUT2D eigenvalue weighted by atomic mass is 10.2. The molecule has 1 atom stereocenters. The molecule has 3 heteroatoms. The van der Waals surface area contributed by atoms with Gasteiger partial charge in [0.25, 0.3) is 0 Å². The second-order valence-electron chi connectivity index (χ2n) is 2.94. The summed E-state index contributed by atoms with van der Waals surface area (Å²) in [6.07, 6.45) is 3.46. The van der Waals surface area contributed by atoms with Crippen molar-refractivity contribution in [2.24, 2.45) is 0 Å². The van der Waals surface area contributed by atoms with Crippen LogP contribution in [0.4, 0.5) is 0 Å². The van der Waals surface area contributed by atoms with Gasteiger partial charge in [0.05, 0.1) is 12.7 Å². The van der Waals surface area contributed by atoms with E-state index in [4.69, 9.17) is 10.2 Å². The van der Waals surface area contributed by atoms with Crippen molar-refractivity contribution in [1.29, 1.82) is 0 Å². The molecule has 1 aromatic rings. The van der Waals surface area contributed by atoms with Crippen molar-refractivity contribution in [3.8, 4) is 0 Å². The number of aliphatic hydroxyl groups is 2. The van der Waals surface area contributed by atoms with Crippen LogP contribution >= 0.6 is 0 Å². The van der Waals surface area contributed by atoms with Crippen molar-refractivity contribution >= 4 is 12.4 Å². The van der Waals surface area contributed by atoms with E-state index in [9.17, 15) is 4.79 Å². The van der Waals surface area contributed by atoms with Gasteiger partial charge < -0.3 is 10.2 Å². The summed E-state index contributed by atoms with van der Waals surface area (Å²) in [7, 11) is 0. The van der Waals surface area contributed by atoms with E-state index in [0.717, 1.165) is 11.8 Å². The number of carbonyl (C=O) groups excluding carboxylic acids is 1. The topological polar surface area (TPSA) is 57.5 Å². The van der Waals surface area contributed by atoms with Gasteiger partial charge in [0.15, 0.2) is 0 Å². The van der Waals surface area contributed by atoms with Crippen LogP contribution in [0, 0.1) is 0 Å². The molecule has 15 heavy (non-hydrogen) atoms. The highest BCUT2D eigenvalue weighted by Gasteiger charge is 1.83. The Morgan fingerprint density at radius 2 is 1.87 bits per heavy atom. The zero-order valence-corrected chi connectivity index (χ0v) is 8.71. The van der Waals surface area contributed by atoms with E-state index in [1.807, 2.05) is 30.3 Å². The highest BCUT2D eigenvalue weighted by atomic mass is 16.3. The van der Waals surface area contributed by atoms with Gasteiger partial charge in [-0.05, 0) is 18.6 Å². The van der Waals surface area contributed by atoms with Crippen LogP contribution in [-0.2, 0) is 4.79 Å². The van der Waals surface area contributed by atoms with Crippen molar-refractivity contribution in [3.05, 3.63) is 42.0 Å². The van der Waals surface area contributed by atoms with Crippen molar-refractivity contribution in [2.45, 2.75) is 13.0 Å². The summed E-state index contributed by atoms with van der Waals surface area (Å²) in [5.41, 5.74) is 1.05. The molecular formula is C12H16O3. The highest BCUT2D eigenvalue weighted by molar-refractivity contribution is 5.73. The van der Waals surface area contributed by atoms with Crippen molar-refractivity contribution in [1.82, 2.24) is 0 Å². The smallest absolute Gasteiger partial charge is 0.142 e. The molecule has 1 aromatic carbocycles. The Morgan fingerprint density at radius 3 is 2.27 bits per heavy atom. The van der Waals surface area contributed by atoms with Gasteiger partial charge in [0.2, 0.25) is 0 Å². The third-order valence-electron chi connectivity index (χ3n) is 1.43. The first-order valence-corrected chi connectivity index (χ1v) is 4.66. The summed E-state index contributed by atoms with van der Waals surface area (Å²) in [4.78, 5) is 9.89. The van der Waals surface area contributed by atoms with E-state index in [1.165, 1.54) is 13.0 Å². The molecule has 0 amide bonds. The Hall–Kier alpha value is -1.45. The van der Waals surface area contributed by atoms with Gasteiger partial charge in [-0.25, -0.2) is 0 Å². The van der Waals surface area contributed by atoms with Crippen LogP contribution < -0.4 is 0 Å². The molecule has 0 radical (unpaired) electrons. The van der Waals surface area contributed by atoms with Crippen LogP contribution in [0.15, 0.2) is 36.4 Å². The maximum atomic E-state index is 9.89. The van der Waals surface area contributed by atoms with E-state index in [1.54, 1.807) is 6.08 Å². The Bertz CT molecular complexity index is 278. The predicted octanol–water partition coefficient (Wildman–Crippen LogP) is 1.26. The minimum absolute atomic E-state index is 0.139. The number of hydrogen-bond acceptors (Lipinski definition) is 3. The molecule has 1 unspecified atom stereocenters. The van der Waals surface area contributed by atoms with Gasteiger partial charge in [-0.1, -0.05) is 36.4 Å². The zero-order valence-electron chi connectivity index (χ0n) is 8.71. The summed E-state index contributed by atoms with van der Waals surface area (Å²) < 4.78 is 0. The highest BCUT2D eigenvalue weighted by Crippen LogP contribution is 1.99. The lowest BCUT2D eigenvalue weighted by molar-refractivity contribution is -0.104. The normalized spacial score (nSPS) is 11.7. The SMILES string of the molecule is CC(O)CO.O=CC=Cc1ccccc1. The van der Waals surface area contributed by atoms with Gasteiger partial charge in [0.1, 0.15) is 6.29 Å². The van der Waals surface area contributed by atoms with Crippen LogP contribution in [0.1, 0.15) is 12.5 Å². The molecule has 3 nitrogen and oxygen atoms in total. The molecule has 0 heterocycles. The first-order valence-electron chi connectivity index (χ1n) is 4.66. The van der Waals surface area contributed by atoms with Gasteiger partial charge in [-0.15, -0.1) is 0 Å². The molecule has 1 rings (SSSR count). The van der Waals surface area contributed by atoms with Gasteiger partial charge >= 0.3 is 0 Å². The third-order valence-corrected chi connectivity index (χ3v) is 1.43. The largest absolute Gasteiger partial charge is 0.394 e. The summed E-state index contributed by atoms with van der Waals surface area (Å²) in [5.74, 6) is 0. The summed E-state index contributed by atoms with van der Waals surface area (Å²) >= 11 is 0. The fraction of sp³-hybridized carbons (Fsp3) is 0.250.